The molecular formula is C20H13BO3. The average Bonchev–Trinajstić information content (AvgIpc) is 3.02. The minimum atomic E-state index is -1.54. The highest BCUT2D eigenvalue weighted by Gasteiger charge is 2.22. The van der Waals surface area contributed by atoms with Gasteiger partial charge in [-0.15, -0.1) is 0 Å². The zero-order chi connectivity index (χ0) is 16.3. The molecule has 0 aliphatic carbocycles. The Hall–Kier alpha value is -2.82. The summed E-state index contributed by atoms with van der Waals surface area (Å²) < 4.78 is 6.14. The van der Waals surface area contributed by atoms with Gasteiger partial charge in [-0.25, -0.2) is 0 Å². The summed E-state index contributed by atoms with van der Waals surface area (Å²) in [7, 11) is -1.54. The van der Waals surface area contributed by atoms with Crippen molar-refractivity contribution in [2.24, 2.45) is 0 Å². The van der Waals surface area contributed by atoms with Gasteiger partial charge in [-0.05, 0) is 27.7 Å². The van der Waals surface area contributed by atoms with Crippen LogP contribution in [0.15, 0.2) is 71.1 Å². The van der Waals surface area contributed by atoms with E-state index >= 15 is 0 Å². The Morgan fingerprint density at radius 1 is 0.625 bits per heavy atom. The molecule has 0 bridgehead atoms. The molecule has 1 aromatic heterocycles. The molecule has 0 amide bonds. The van der Waals surface area contributed by atoms with Crippen LogP contribution in [0.3, 0.4) is 0 Å². The van der Waals surface area contributed by atoms with Crippen LogP contribution < -0.4 is 5.46 Å². The van der Waals surface area contributed by atoms with E-state index in [0.717, 1.165) is 37.9 Å². The fourth-order valence-corrected chi connectivity index (χ4v) is 3.69. The Morgan fingerprint density at radius 2 is 1.25 bits per heavy atom. The van der Waals surface area contributed by atoms with Gasteiger partial charge in [0.2, 0.25) is 0 Å². The number of rotatable bonds is 1. The van der Waals surface area contributed by atoms with Crippen molar-refractivity contribution >= 4 is 56.1 Å². The first-order chi connectivity index (χ1) is 11.8. The maximum atomic E-state index is 9.80. The van der Waals surface area contributed by atoms with Crippen molar-refractivity contribution in [1.29, 1.82) is 0 Å². The van der Waals surface area contributed by atoms with Crippen molar-refractivity contribution in [2.75, 3.05) is 0 Å². The van der Waals surface area contributed by atoms with Gasteiger partial charge in [-0.3, -0.25) is 0 Å². The van der Waals surface area contributed by atoms with Gasteiger partial charge in [-0.1, -0.05) is 60.7 Å². The molecule has 0 aliphatic heterocycles. The standard InChI is InChI=1S/C20H13BO3/c22-21(23)16-10-5-11-17-19(16)18-14-8-3-1-6-12(14)13-7-2-4-9-15(13)20(18)24-17/h1-11,22-23H. The normalized spacial score (nSPS) is 11.8. The fraction of sp³-hybridized carbons (Fsp3) is 0. The zero-order valence-electron chi connectivity index (χ0n) is 12.7. The zero-order valence-corrected chi connectivity index (χ0v) is 12.7. The molecule has 0 aliphatic rings. The molecule has 1 heterocycles. The summed E-state index contributed by atoms with van der Waals surface area (Å²) in [6, 6.07) is 21.7. The molecule has 0 spiro atoms. The highest BCUT2D eigenvalue weighted by atomic mass is 16.4. The molecule has 0 saturated heterocycles. The minimum Gasteiger partial charge on any atom is -0.455 e. The Labute approximate surface area is 137 Å². The maximum absolute atomic E-state index is 9.80. The first-order valence-electron chi connectivity index (χ1n) is 7.86. The summed E-state index contributed by atoms with van der Waals surface area (Å²) in [5.74, 6) is 0. The van der Waals surface area contributed by atoms with E-state index in [1.165, 1.54) is 0 Å². The Kier molecular flexibility index (Phi) is 2.74. The summed E-state index contributed by atoms with van der Waals surface area (Å²) in [5, 5.41) is 25.6. The van der Waals surface area contributed by atoms with Gasteiger partial charge in [0.1, 0.15) is 11.2 Å². The van der Waals surface area contributed by atoms with Gasteiger partial charge in [0.05, 0.1) is 0 Å². The number of hydrogen-bond donors (Lipinski definition) is 2. The topological polar surface area (TPSA) is 53.6 Å². The SMILES string of the molecule is OB(O)c1cccc2oc3c4ccccc4c4ccccc4c3c12. The number of benzene rings is 4. The first kappa shape index (κ1) is 13.6. The Balaban J connectivity index is 2.19. The third kappa shape index (κ3) is 1.69. The van der Waals surface area contributed by atoms with Crippen LogP contribution in [0.2, 0.25) is 0 Å². The lowest BCUT2D eigenvalue weighted by Gasteiger charge is -2.07. The molecule has 0 fully saturated rings. The van der Waals surface area contributed by atoms with Crippen LogP contribution in [0.4, 0.5) is 0 Å². The molecule has 4 heteroatoms. The van der Waals surface area contributed by atoms with E-state index in [1.54, 1.807) is 12.1 Å². The highest BCUT2D eigenvalue weighted by molar-refractivity contribution is 6.63. The summed E-state index contributed by atoms with van der Waals surface area (Å²) in [5.41, 5.74) is 1.91. The minimum absolute atomic E-state index is 0.465. The first-order valence-corrected chi connectivity index (χ1v) is 7.86. The molecule has 0 radical (unpaired) electrons. The maximum Gasteiger partial charge on any atom is 0.489 e. The molecule has 3 nitrogen and oxygen atoms in total. The summed E-state index contributed by atoms with van der Waals surface area (Å²) in [4.78, 5) is 0. The van der Waals surface area contributed by atoms with Crippen molar-refractivity contribution in [1.82, 2.24) is 0 Å². The molecule has 5 aromatic rings. The van der Waals surface area contributed by atoms with Gasteiger partial charge >= 0.3 is 7.12 Å². The quantitative estimate of drug-likeness (QED) is 0.367. The summed E-state index contributed by atoms with van der Waals surface area (Å²) in [6.07, 6.45) is 0. The Bertz CT molecular complexity index is 1240. The van der Waals surface area contributed by atoms with Crippen LogP contribution in [0.25, 0.3) is 43.5 Å². The fourth-order valence-electron chi connectivity index (χ4n) is 3.69. The smallest absolute Gasteiger partial charge is 0.455 e. The van der Waals surface area contributed by atoms with E-state index in [-0.39, 0.29) is 0 Å². The third-order valence-corrected chi connectivity index (χ3v) is 4.68. The molecule has 5 rings (SSSR count). The lowest BCUT2D eigenvalue weighted by molar-refractivity contribution is 0.426. The summed E-state index contributed by atoms with van der Waals surface area (Å²) >= 11 is 0. The molecule has 4 aromatic carbocycles. The van der Waals surface area contributed by atoms with Gasteiger partial charge in [-0.2, -0.15) is 0 Å². The molecule has 114 valence electrons. The molecule has 0 atom stereocenters. The van der Waals surface area contributed by atoms with Gasteiger partial charge in [0.25, 0.3) is 0 Å². The second-order valence-corrected chi connectivity index (χ2v) is 5.99. The van der Waals surface area contributed by atoms with Crippen molar-refractivity contribution < 1.29 is 14.5 Å². The van der Waals surface area contributed by atoms with Crippen LogP contribution in [-0.4, -0.2) is 17.2 Å². The van der Waals surface area contributed by atoms with E-state index in [4.69, 9.17) is 4.42 Å². The van der Waals surface area contributed by atoms with E-state index in [1.807, 2.05) is 36.4 Å². The van der Waals surface area contributed by atoms with Crippen LogP contribution >= 0.6 is 0 Å². The van der Waals surface area contributed by atoms with Gasteiger partial charge in [0.15, 0.2) is 0 Å². The molecule has 0 unspecified atom stereocenters. The van der Waals surface area contributed by atoms with Crippen molar-refractivity contribution in [2.45, 2.75) is 0 Å². The van der Waals surface area contributed by atoms with E-state index in [9.17, 15) is 10.0 Å². The van der Waals surface area contributed by atoms with E-state index < -0.39 is 7.12 Å². The predicted molar refractivity (Wildman–Crippen MR) is 98.6 cm³/mol. The molecule has 24 heavy (non-hydrogen) atoms. The molecule has 0 saturated carbocycles. The van der Waals surface area contributed by atoms with Crippen LogP contribution in [-0.2, 0) is 0 Å². The van der Waals surface area contributed by atoms with Crippen molar-refractivity contribution in [3.63, 3.8) is 0 Å². The van der Waals surface area contributed by atoms with E-state index in [2.05, 4.69) is 18.2 Å². The van der Waals surface area contributed by atoms with E-state index in [0.29, 0.717) is 11.0 Å². The average molecular weight is 312 g/mol. The largest absolute Gasteiger partial charge is 0.489 e. The highest BCUT2D eigenvalue weighted by Crippen LogP contribution is 2.39. The molecule has 2 N–H and O–H groups in total. The van der Waals surface area contributed by atoms with Crippen molar-refractivity contribution in [3.05, 3.63) is 66.7 Å². The van der Waals surface area contributed by atoms with Gasteiger partial charge in [0, 0.05) is 16.2 Å². The summed E-state index contributed by atoms with van der Waals surface area (Å²) in [6.45, 7) is 0. The monoisotopic (exact) mass is 312 g/mol. The second kappa shape index (κ2) is 4.84. The predicted octanol–water partition coefficient (Wildman–Crippen LogP) is 3.57. The number of fused-ring (bicyclic) bond motifs is 8. The van der Waals surface area contributed by atoms with Gasteiger partial charge < -0.3 is 14.5 Å². The second-order valence-electron chi connectivity index (χ2n) is 5.99. The van der Waals surface area contributed by atoms with Crippen molar-refractivity contribution in [3.8, 4) is 0 Å². The molecular weight excluding hydrogens is 299 g/mol. The van der Waals surface area contributed by atoms with Crippen LogP contribution in [0, 0.1) is 0 Å². The lowest BCUT2D eigenvalue weighted by atomic mass is 9.77. The Morgan fingerprint density at radius 3 is 1.96 bits per heavy atom. The number of furan rings is 1. The lowest BCUT2D eigenvalue weighted by Crippen LogP contribution is -2.30. The van der Waals surface area contributed by atoms with Crippen LogP contribution in [0.5, 0.6) is 0 Å². The van der Waals surface area contributed by atoms with Crippen LogP contribution in [0.1, 0.15) is 0 Å². The third-order valence-electron chi connectivity index (χ3n) is 4.68. The number of hydrogen-bond acceptors (Lipinski definition) is 3.